The maximum absolute atomic E-state index is 9.74. The molecule has 0 saturated heterocycles. The normalized spacial score (nSPS) is 10.3. The van der Waals surface area contributed by atoms with E-state index in [9.17, 15) is 4.79 Å². The van der Waals surface area contributed by atoms with Gasteiger partial charge in [-0.2, -0.15) is 5.10 Å². The van der Waals surface area contributed by atoms with Gasteiger partial charge in [-0.15, -0.1) is 0 Å². The summed E-state index contributed by atoms with van der Waals surface area (Å²) < 4.78 is 5.12. The molecule has 0 atom stereocenters. The molecule has 0 aromatic carbocycles. The molecular formula is C7H8N2O2. The van der Waals surface area contributed by atoms with Crippen LogP contribution < -0.4 is 5.43 Å². The molecule has 0 aliphatic carbocycles. The third-order valence-electron chi connectivity index (χ3n) is 1.08. The molecule has 0 fully saturated rings. The Morgan fingerprint density at radius 2 is 2.45 bits per heavy atom. The largest absolute Gasteiger partial charge is 0.460 e. The van der Waals surface area contributed by atoms with Gasteiger partial charge in [-0.25, -0.2) is 5.43 Å². The number of carbonyl (C=O) groups excluding carboxylic acids is 1. The highest BCUT2D eigenvalue weighted by atomic mass is 16.3. The Kier molecular flexibility index (Phi) is 2.43. The molecule has 0 spiro atoms. The fourth-order valence-electron chi connectivity index (χ4n) is 0.654. The van der Waals surface area contributed by atoms with Gasteiger partial charge in [0.05, 0.1) is 6.21 Å². The molecule has 1 rings (SSSR count). The van der Waals surface area contributed by atoms with Crippen LogP contribution in [0, 0.1) is 6.92 Å². The Bertz CT molecular complexity index is 265. The first-order chi connectivity index (χ1) is 5.33. The molecule has 0 aliphatic rings. The summed E-state index contributed by atoms with van der Waals surface area (Å²) in [4.78, 5) is 9.74. The number of hydrazone groups is 1. The predicted octanol–water partition coefficient (Wildman–Crippen LogP) is 0.668. The van der Waals surface area contributed by atoms with Crippen LogP contribution in [0.2, 0.25) is 0 Å². The number of nitrogens with one attached hydrogen (secondary N) is 1. The number of hydrogen-bond acceptors (Lipinski definition) is 3. The standard InChI is InChI=1S/C7H8N2O2/c1-6-2-3-7(11-6)4-8-9-5-10/h2-5H,1H3,(H,9,10)/b8-4-. The lowest BCUT2D eigenvalue weighted by Crippen LogP contribution is -1.99. The van der Waals surface area contributed by atoms with Gasteiger partial charge in [-0.05, 0) is 19.1 Å². The van der Waals surface area contributed by atoms with Crippen LogP contribution in [0.5, 0.6) is 0 Å². The minimum absolute atomic E-state index is 0.492. The minimum Gasteiger partial charge on any atom is -0.460 e. The van der Waals surface area contributed by atoms with Crippen molar-refractivity contribution in [1.82, 2.24) is 5.43 Å². The molecule has 0 bridgehead atoms. The number of furan rings is 1. The highest BCUT2D eigenvalue weighted by Crippen LogP contribution is 2.02. The highest BCUT2D eigenvalue weighted by Gasteiger charge is 1.91. The lowest BCUT2D eigenvalue weighted by molar-refractivity contribution is -0.109. The van der Waals surface area contributed by atoms with E-state index in [2.05, 4.69) is 10.5 Å². The van der Waals surface area contributed by atoms with Gasteiger partial charge in [-0.3, -0.25) is 4.79 Å². The summed E-state index contributed by atoms with van der Waals surface area (Å²) in [6, 6.07) is 3.59. The van der Waals surface area contributed by atoms with Gasteiger partial charge in [0, 0.05) is 0 Å². The fraction of sp³-hybridized carbons (Fsp3) is 0.143. The zero-order valence-electron chi connectivity index (χ0n) is 6.07. The zero-order chi connectivity index (χ0) is 8.10. The lowest BCUT2D eigenvalue weighted by Gasteiger charge is -1.83. The van der Waals surface area contributed by atoms with Gasteiger partial charge < -0.3 is 4.42 Å². The number of carbonyl (C=O) groups is 1. The number of amides is 1. The van der Waals surface area contributed by atoms with E-state index in [1.807, 2.05) is 13.0 Å². The van der Waals surface area contributed by atoms with E-state index in [1.54, 1.807) is 6.07 Å². The van der Waals surface area contributed by atoms with E-state index >= 15 is 0 Å². The summed E-state index contributed by atoms with van der Waals surface area (Å²) in [5, 5.41) is 3.54. The topological polar surface area (TPSA) is 54.6 Å². The number of rotatable bonds is 3. The third-order valence-corrected chi connectivity index (χ3v) is 1.08. The highest BCUT2D eigenvalue weighted by molar-refractivity contribution is 5.76. The summed E-state index contributed by atoms with van der Waals surface area (Å²) in [7, 11) is 0. The lowest BCUT2D eigenvalue weighted by atomic mass is 10.4. The molecule has 11 heavy (non-hydrogen) atoms. The monoisotopic (exact) mass is 152 g/mol. The van der Waals surface area contributed by atoms with Crippen molar-refractivity contribution in [3.05, 3.63) is 23.7 Å². The molecule has 1 N–H and O–H groups in total. The van der Waals surface area contributed by atoms with E-state index < -0.39 is 0 Å². The van der Waals surface area contributed by atoms with Crippen LogP contribution in [0.15, 0.2) is 21.7 Å². The summed E-state index contributed by atoms with van der Waals surface area (Å²) in [5.74, 6) is 1.44. The first-order valence-corrected chi connectivity index (χ1v) is 3.11. The Balaban J connectivity index is 2.56. The number of hydrogen-bond donors (Lipinski definition) is 1. The Labute approximate surface area is 63.9 Å². The molecule has 0 saturated carbocycles. The maximum Gasteiger partial charge on any atom is 0.227 e. The van der Waals surface area contributed by atoms with Crippen LogP contribution in [-0.2, 0) is 4.79 Å². The van der Waals surface area contributed by atoms with Crippen LogP contribution in [0.1, 0.15) is 11.5 Å². The van der Waals surface area contributed by atoms with Crippen LogP contribution in [0.3, 0.4) is 0 Å². The summed E-state index contributed by atoms with van der Waals surface area (Å²) in [6.45, 7) is 1.84. The van der Waals surface area contributed by atoms with Crippen molar-refractivity contribution >= 4 is 12.6 Å². The Morgan fingerprint density at radius 3 is 3.00 bits per heavy atom. The molecule has 1 aromatic heterocycles. The minimum atomic E-state index is 0.492. The summed E-state index contributed by atoms with van der Waals surface area (Å²) in [5.41, 5.74) is 2.13. The number of aryl methyl sites for hydroxylation is 1. The zero-order valence-corrected chi connectivity index (χ0v) is 6.07. The molecule has 4 nitrogen and oxygen atoms in total. The average molecular weight is 152 g/mol. The van der Waals surface area contributed by atoms with Gasteiger partial charge in [0.2, 0.25) is 6.41 Å². The molecule has 4 heteroatoms. The summed E-state index contributed by atoms with van der Waals surface area (Å²) >= 11 is 0. The van der Waals surface area contributed by atoms with Crippen molar-refractivity contribution in [3.8, 4) is 0 Å². The predicted molar refractivity (Wildman–Crippen MR) is 40.2 cm³/mol. The van der Waals surface area contributed by atoms with Gasteiger partial charge in [0.15, 0.2) is 0 Å². The van der Waals surface area contributed by atoms with Gasteiger partial charge >= 0.3 is 0 Å². The molecule has 0 unspecified atom stereocenters. The molecule has 1 amide bonds. The molecular weight excluding hydrogens is 144 g/mol. The van der Waals surface area contributed by atoms with E-state index in [0.29, 0.717) is 12.2 Å². The van der Waals surface area contributed by atoms with Crippen LogP contribution in [-0.4, -0.2) is 12.6 Å². The number of nitrogens with zero attached hydrogens (tertiary/aromatic N) is 1. The second kappa shape index (κ2) is 3.55. The van der Waals surface area contributed by atoms with E-state index in [-0.39, 0.29) is 0 Å². The smallest absolute Gasteiger partial charge is 0.227 e. The second-order valence-electron chi connectivity index (χ2n) is 1.95. The van der Waals surface area contributed by atoms with Crippen molar-refractivity contribution < 1.29 is 9.21 Å². The molecule has 0 radical (unpaired) electrons. The summed E-state index contributed by atoms with van der Waals surface area (Å²) in [6.07, 6.45) is 1.92. The Morgan fingerprint density at radius 1 is 1.64 bits per heavy atom. The van der Waals surface area contributed by atoms with Crippen molar-refractivity contribution in [2.75, 3.05) is 0 Å². The van der Waals surface area contributed by atoms with E-state index in [1.165, 1.54) is 6.21 Å². The quantitative estimate of drug-likeness (QED) is 0.393. The van der Waals surface area contributed by atoms with Crippen LogP contribution in [0.25, 0.3) is 0 Å². The first kappa shape index (κ1) is 7.53. The van der Waals surface area contributed by atoms with Gasteiger partial charge in [0.1, 0.15) is 11.5 Å². The van der Waals surface area contributed by atoms with E-state index in [0.717, 1.165) is 5.76 Å². The molecule has 1 aromatic rings. The SMILES string of the molecule is Cc1ccc(/C=N\NC=O)o1. The van der Waals surface area contributed by atoms with E-state index in [4.69, 9.17) is 4.42 Å². The average Bonchev–Trinajstić information content (AvgIpc) is 2.37. The third kappa shape index (κ3) is 2.25. The van der Waals surface area contributed by atoms with Gasteiger partial charge in [-0.1, -0.05) is 0 Å². The molecule has 58 valence electrons. The van der Waals surface area contributed by atoms with Crippen molar-refractivity contribution in [1.29, 1.82) is 0 Å². The van der Waals surface area contributed by atoms with Crippen LogP contribution in [0.4, 0.5) is 0 Å². The molecule has 1 heterocycles. The van der Waals surface area contributed by atoms with Crippen molar-refractivity contribution in [2.24, 2.45) is 5.10 Å². The second-order valence-corrected chi connectivity index (χ2v) is 1.95. The van der Waals surface area contributed by atoms with Gasteiger partial charge in [0.25, 0.3) is 0 Å². The fourth-order valence-corrected chi connectivity index (χ4v) is 0.654. The molecule has 0 aliphatic heterocycles. The van der Waals surface area contributed by atoms with Crippen LogP contribution >= 0.6 is 0 Å². The maximum atomic E-state index is 9.74. The first-order valence-electron chi connectivity index (χ1n) is 3.11. The van der Waals surface area contributed by atoms with Crippen molar-refractivity contribution in [3.63, 3.8) is 0 Å². The Hall–Kier alpha value is -1.58. The van der Waals surface area contributed by atoms with Crippen molar-refractivity contribution in [2.45, 2.75) is 6.92 Å².